The first-order chi connectivity index (χ1) is 14.9. The van der Waals surface area contributed by atoms with E-state index in [0.29, 0.717) is 52.1 Å². The number of rotatable bonds is 4. The minimum absolute atomic E-state index is 0.156. The fourth-order valence-electron chi connectivity index (χ4n) is 4.31. The summed E-state index contributed by atoms with van der Waals surface area (Å²) >= 11 is 6.35. The van der Waals surface area contributed by atoms with Crippen LogP contribution in [0.5, 0.6) is 0 Å². The SMILES string of the molecule is CC1CC(C)CN(C(=O)COC(=O)c2cc(-c3ccccc3Cl)nc3ccccc23)C1. The molecule has 2 heterocycles. The Labute approximate surface area is 187 Å². The van der Waals surface area contributed by atoms with Crippen molar-refractivity contribution in [1.29, 1.82) is 0 Å². The smallest absolute Gasteiger partial charge is 0.339 e. The Hall–Kier alpha value is -2.92. The third-order valence-corrected chi connectivity index (χ3v) is 5.96. The van der Waals surface area contributed by atoms with Crippen molar-refractivity contribution in [3.05, 3.63) is 65.2 Å². The molecule has 1 amide bonds. The lowest BCUT2D eigenvalue weighted by molar-refractivity contribution is -0.137. The first-order valence-corrected chi connectivity index (χ1v) is 10.9. The Kier molecular flexibility index (Phi) is 6.23. The summed E-state index contributed by atoms with van der Waals surface area (Å²) in [6.07, 6.45) is 1.11. The quantitative estimate of drug-likeness (QED) is 0.526. The van der Waals surface area contributed by atoms with Crippen LogP contribution in [0.2, 0.25) is 5.02 Å². The maximum absolute atomic E-state index is 13.0. The number of halogens is 1. The van der Waals surface area contributed by atoms with Gasteiger partial charge in [0.15, 0.2) is 6.61 Å². The van der Waals surface area contributed by atoms with Crippen LogP contribution in [-0.4, -0.2) is 41.5 Å². The molecule has 2 aromatic carbocycles. The largest absolute Gasteiger partial charge is 0.452 e. The monoisotopic (exact) mass is 436 g/mol. The van der Waals surface area contributed by atoms with Crippen molar-refractivity contribution in [3.8, 4) is 11.3 Å². The molecule has 3 aromatic rings. The molecule has 1 aromatic heterocycles. The highest BCUT2D eigenvalue weighted by Crippen LogP contribution is 2.30. The van der Waals surface area contributed by atoms with Gasteiger partial charge in [0.2, 0.25) is 0 Å². The molecular formula is C25H25ClN2O3. The summed E-state index contributed by atoms with van der Waals surface area (Å²) in [4.78, 5) is 32.1. The van der Waals surface area contributed by atoms with Gasteiger partial charge in [0.25, 0.3) is 5.91 Å². The summed E-state index contributed by atoms with van der Waals surface area (Å²) < 4.78 is 5.45. The van der Waals surface area contributed by atoms with Gasteiger partial charge in [0.1, 0.15) is 0 Å². The van der Waals surface area contributed by atoms with E-state index in [4.69, 9.17) is 16.3 Å². The van der Waals surface area contributed by atoms with Crippen molar-refractivity contribution in [3.63, 3.8) is 0 Å². The summed E-state index contributed by atoms with van der Waals surface area (Å²) in [6.45, 7) is 5.42. The molecule has 2 unspecified atom stereocenters. The summed E-state index contributed by atoms with van der Waals surface area (Å²) in [7, 11) is 0. The number of likely N-dealkylation sites (tertiary alicyclic amines) is 1. The second kappa shape index (κ2) is 9.06. The van der Waals surface area contributed by atoms with E-state index in [1.165, 1.54) is 0 Å². The number of nitrogens with zero attached hydrogens (tertiary/aromatic N) is 2. The number of hydrogen-bond donors (Lipinski definition) is 0. The van der Waals surface area contributed by atoms with Crippen LogP contribution in [0.3, 0.4) is 0 Å². The molecule has 1 saturated heterocycles. The topological polar surface area (TPSA) is 59.5 Å². The average molecular weight is 437 g/mol. The third kappa shape index (κ3) is 4.72. The molecule has 31 heavy (non-hydrogen) atoms. The number of esters is 1. The Morgan fingerprint density at radius 1 is 1.06 bits per heavy atom. The normalized spacial score (nSPS) is 18.7. The van der Waals surface area contributed by atoms with E-state index in [9.17, 15) is 9.59 Å². The molecule has 1 fully saturated rings. The van der Waals surface area contributed by atoms with Gasteiger partial charge in [-0.2, -0.15) is 0 Å². The van der Waals surface area contributed by atoms with Crippen LogP contribution < -0.4 is 0 Å². The number of carbonyl (C=O) groups is 2. The zero-order chi connectivity index (χ0) is 22.0. The molecule has 6 heteroatoms. The zero-order valence-electron chi connectivity index (χ0n) is 17.7. The van der Waals surface area contributed by atoms with E-state index in [-0.39, 0.29) is 12.5 Å². The van der Waals surface area contributed by atoms with Crippen LogP contribution in [0.1, 0.15) is 30.6 Å². The Morgan fingerprint density at radius 3 is 2.48 bits per heavy atom. The predicted molar refractivity (Wildman–Crippen MR) is 122 cm³/mol. The molecule has 0 radical (unpaired) electrons. The number of carbonyl (C=O) groups excluding carboxylic acids is 2. The summed E-state index contributed by atoms with van der Waals surface area (Å²) in [5.41, 5.74) is 2.35. The average Bonchev–Trinajstić information content (AvgIpc) is 2.76. The van der Waals surface area contributed by atoms with Gasteiger partial charge >= 0.3 is 5.97 Å². The van der Waals surface area contributed by atoms with E-state index in [2.05, 4.69) is 18.8 Å². The van der Waals surface area contributed by atoms with Crippen molar-refractivity contribution in [2.45, 2.75) is 20.3 Å². The number of para-hydroxylation sites is 1. The molecule has 0 bridgehead atoms. The predicted octanol–water partition coefficient (Wildman–Crippen LogP) is 5.22. The molecular weight excluding hydrogens is 412 g/mol. The number of fused-ring (bicyclic) bond motifs is 1. The van der Waals surface area contributed by atoms with Gasteiger partial charge in [-0.15, -0.1) is 0 Å². The summed E-state index contributed by atoms with van der Waals surface area (Å²) in [5.74, 6) is 0.200. The van der Waals surface area contributed by atoms with Gasteiger partial charge in [0, 0.05) is 29.1 Å². The molecule has 2 atom stereocenters. The lowest BCUT2D eigenvalue weighted by Crippen LogP contribution is -2.44. The lowest BCUT2D eigenvalue weighted by Gasteiger charge is -2.34. The van der Waals surface area contributed by atoms with E-state index < -0.39 is 5.97 Å². The second-order valence-electron chi connectivity index (χ2n) is 8.37. The summed E-state index contributed by atoms with van der Waals surface area (Å²) in [6, 6.07) is 16.4. The summed E-state index contributed by atoms with van der Waals surface area (Å²) in [5, 5.41) is 1.23. The maximum Gasteiger partial charge on any atom is 0.339 e. The van der Waals surface area contributed by atoms with Gasteiger partial charge < -0.3 is 9.64 Å². The van der Waals surface area contributed by atoms with Crippen LogP contribution in [0, 0.1) is 11.8 Å². The number of piperidine rings is 1. The number of pyridine rings is 1. The minimum Gasteiger partial charge on any atom is -0.452 e. The highest BCUT2D eigenvalue weighted by molar-refractivity contribution is 6.33. The second-order valence-corrected chi connectivity index (χ2v) is 8.78. The van der Waals surface area contributed by atoms with Gasteiger partial charge in [-0.1, -0.05) is 61.8 Å². The molecule has 0 saturated carbocycles. The van der Waals surface area contributed by atoms with Gasteiger partial charge in [-0.05, 0) is 36.5 Å². The Balaban J connectivity index is 1.59. The van der Waals surface area contributed by atoms with Crippen LogP contribution >= 0.6 is 11.6 Å². The fourth-order valence-corrected chi connectivity index (χ4v) is 4.55. The first kappa shape index (κ1) is 21.3. The van der Waals surface area contributed by atoms with E-state index >= 15 is 0 Å². The third-order valence-electron chi connectivity index (χ3n) is 5.63. The number of ether oxygens (including phenoxy) is 1. The number of hydrogen-bond acceptors (Lipinski definition) is 4. The molecule has 0 spiro atoms. The van der Waals surface area contributed by atoms with E-state index in [1.807, 2.05) is 42.5 Å². The van der Waals surface area contributed by atoms with Crippen molar-refractivity contribution >= 4 is 34.4 Å². The standard InChI is InChI=1S/C25H25ClN2O3/c1-16-11-17(2)14-28(13-16)24(29)15-31-25(30)20-12-23(19-8-3-5-9-21(19)26)27-22-10-6-4-7-18(20)22/h3-10,12,16-17H,11,13-15H2,1-2H3. The van der Waals surface area contributed by atoms with Crippen LogP contribution in [0.15, 0.2) is 54.6 Å². The molecule has 4 rings (SSSR count). The van der Waals surface area contributed by atoms with Crippen LogP contribution in [-0.2, 0) is 9.53 Å². The van der Waals surface area contributed by atoms with E-state index in [0.717, 1.165) is 12.0 Å². The first-order valence-electron chi connectivity index (χ1n) is 10.5. The zero-order valence-corrected chi connectivity index (χ0v) is 18.4. The number of amides is 1. The van der Waals surface area contributed by atoms with Crippen LogP contribution in [0.25, 0.3) is 22.2 Å². The Morgan fingerprint density at radius 2 is 1.74 bits per heavy atom. The maximum atomic E-state index is 13.0. The molecule has 1 aliphatic rings. The number of aromatic nitrogens is 1. The van der Waals surface area contributed by atoms with Gasteiger partial charge in [0.05, 0.1) is 16.8 Å². The highest BCUT2D eigenvalue weighted by atomic mass is 35.5. The van der Waals surface area contributed by atoms with Crippen molar-refractivity contribution in [1.82, 2.24) is 9.88 Å². The van der Waals surface area contributed by atoms with Gasteiger partial charge in [-0.25, -0.2) is 9.78 Å². The van der Waals surface area contributed by atoms with Crippen molar-refractivity contribution in [2.24, 2.45) is 11.8 Å². The minimum atomic E-state index is -0.543. The van der Waals surface area contributed by atoms with Crippen LogP contribution in [0.4, 0.5) is 0 Å². The van der Waals surface area contributed by atoms with Gasteiger partial charge in [-0.3, -0.25) is 4.79 Å². The fraction of sp³-hybridized carbons (Fsp3) is 0.320. The molecule has 5 nitrogen and oxygen atoms in total. The Bertz CT molecular complexity index is 1120. The van der Waals surface area contributed by atoms with E-state index in [1.54, 1.807) is 17.0 Å². The molecule has 160 valence electrons. The molecule has 0 N–H and O–H groups in total. The van der Waals surface area contributed by atoms with Crippen molar-refractivity contribution in [2.75, 3.05) is 19.7 Å². The lowest BCUT2D eigenvalue weighted by atomic mass is 9.92. The number of benzene rings is 2. The van der Waals surface area contributed by atoms with Crippen molar-refractivity contribution < 1.29 is 14.3 Å². The molecule has 0 aliphatic carbocycles. The molecule has 1 aliphatic heterocycles. The highest BCUT2D eigenvalue weighted by Gasteiger charge is 2.26.